The summed E-state index contributed by atoms with van der Waals surface area (Å²) >= 11 is 0. The van der Waals surface area contributed by atoms with Crippen molar-refractivity contribution in [3.8, 4) is 11.5 Å². The zero-order valence-corrected chi connectivity index (χ0v) is 20.4. The van der Waals surface area contributed by atoms with Gasteiger partial charge in [0.25, 0.3) is 0 Å². The lowest BCUT2D eigenvalue weighted by molar-refractivity contribution is 0.0780. The molecular formula is C24H32N2O6S. The molecule has 0 unspecified atom stereocenters. The molecule has 0 spiro atoms. The van der Waals surface area contributed by atoms with Crippen molar-refractivity contribution in [3.63, 3.8) is 0 Å². The summed E-state index contributed by atoms with van der Waals surface area (Å²) < 4.78 is 42.0. The summed E-state index contributed by atoms with van der Waals surface area (Å²) in [6.07, 6.45) is 1.79. The molecule has 0 bridgehead atoms. The summed E-state index contributed by atoms with van der Waals surface area (Å²) in [5.74, 6) is 0.721. The Balaban J connectivity index is 1.83. The first-order valence-electron chi connectivity index (χ1n) is 10.9. The minimum absolute atomic E-state index is 0.0137. The summed E-state index contributed by atoms with van der Waals surface area (Å²) in [4.78, 5) is 14.7. The molecule has 1 N–H and O–H groups in total. The summed E-state index contributed by atoms with van der Waals surface area (Å²) in [7, 11) is -2.56. The SMILES string of the molecule is COc1ccc(S(=O)(=O)Oc2ccccc2CN(C[C@@H]2CCCO2)C(=O)NC(C)(C)C)cc1. The van der Waals surface area contributed by atoms with E-state index in [1.807, 2.05) is 20.8 Å². The highest BCUT2D eigenvalue weighted by Gasteiger charge is 2.27. The van der Waals surface area contributed by atoms with Gasteiger partial charge in [0.15, 0.2) is 0 Å². The minimum atomic E-state index is -4.07. The number of hydrogen-bond acceptors (Lipinski definition) is 6. The van der Waals surface area contributed by atoms with Gasteiger partial charge in [-0.3, -0.25) is 0 Å². The van der Waals surface area contributed by atoms with Crippen LogP contribution in [0.4, 0.5) is 4.79 Å². The van der Waals surface area contributed by atoms with Crippen molar-refractivity contribution in [3.05, 3.63) is 54.1 Å². The van der Waals surface area contributed by atoms with Crippen LogP contribution in [-0.2, 0) is 21.4 Å². The van der Waals surface area contributed by atoms with Crippen LogP contribution in [0.1, 0.15) is 39.2 Å². The Kier molecular flexibility index (Phi) is 7.86. The molecule has 2 aromatic carbocycles. The molecule has 1 heterocycles. The molecular weight excluding hydrogens is 444 g/mol. The van der Waals surface area contributed by atoms with E-state index in [-0.39, 0.29) is 29.3 Å². The van der Waals surface area contributed by atoms with Gasteiger partial charge in [0.05, 0.1) is 19.8 Å². The predicted octanol–water partition coefficient (Wildman–Crippen LogP) is 3.95. The first-order valence-corrected chi connectivity index (χ1v) is 12.3. The van der Waals surface area contributed by atoms with Gasteiger partial charge >= 0.3 is 16.1 Å². The van der Waals surface area contributed by atoms with Crippen molar-refractivity contribution in [1.29, 1.82) is 0 Å². The highest BCUT2D eigenvalue weighted by molar-refractivity contribution is 7.87. The average Bonchev–Trinajstić information content (AvgIpc) is 3.26. The molecule has 0 aliphatic carbocycles. The average molecular weight is 477 g/mol. The molecule has 1 aliphatic heterocycles. The number of ether oxygens (including phenoxy) is 2. The van der Waals surface area contributed by atoms with Gasteiger partial charge in [-0.2, -0.15) is 8.42 Å². The van der Waals surface area contributed by atoms with Gasteiger partial charge in [0.2, 0.25) is 0 Å². The zero-order chi connectivity index (χ0) is 24.1. The fraction of sp³-hybridized carbons (Fsp3) is 0.458. The number of carbonyl (C=O) groups is 1. The molecule has 1 aliphatic rings. The second-order valence-electron chi connectivity index (χ2n) is 9.02. The van der Waals surface area contributed by atoms with E-state index in [1.165, 1.54) is 19.2 Å². The summed E-state index contributed by atoms with van der Waals surface area (Å²) in [5.41, 5.74) is 0.163. The maximum absolute atomic E-state index is 13.0. The molecule has 2 aromatic rings. The summed E-state index contributed by atoms with van der Waals surface area (Å²) in [6, 6.07) is 12.6. The highest BCUT2D eigenvalue weighted by atomic mass is 32.2. The number of hydrogen-bond donors (Lipinski definition) is 1. The minimum Gasteiger partial charge on any atom is -0.497 e. The molecule has 0 radical (unpaired) electrons. The topological polar surface area (TPSA) is 94.2 Å². The lowest BCUT2D eigenvalue weighted by Crippen LogP contribution is -2.50. The van der Waals surface area contributed by atoms with Crippen molar-refractivity contribution in [2.75, 3.05) is 20.3 Å². The number of para-hydroxylation sites is 1. The monoisotopic (exact) mass is 476 g/mol. The van der Waals surface area contributed by atoms with Gasteiger partial charge in [0.1, 0.15) is 16.4 Å². The Morgan fingerprint density at radius 1 is 1.15 bits per heavy atom. The Bertz CT molecular complexity index is 1040. The van der Waals surface area contributed by atoms with Crippen molar-refractivity contribution < 1.29 is 26.9 Å². The molecule has 33 heavy (non-hydrogen) atoms. The molecule has 0 saturated carbocycles. The van der Waals surface area contributed by atoms with E-state index in [0.717, 1.165) is 12.8 Å². The molecule has 1 saturated heterocycles. The molecule has 9 heteroatoms. The fourth-order valence-corrected chi connectivity index (χ4v) is 4.45. The van der Waals surface area contributed by atoms with Gasteiger partial charge in [-0.25, -0.2) is 4.79 Å². The van der Waals surface area contributed by atoms with E-state index in [4.69, 9.17) is 13.7 Å². The fourth-order valence-electron chi connectivity index (χ4n) is 3.48. The molecule has 2 amide bonds. The number of carbonyl (C=O) groups excluding carboxylic acids is 1. The number of urea groups is 1. The third kappa shape index (κ3) is 7.10. The number of amides is 2. The molecule has 1 fully saturated rings. The van der Waals surface area contributed by atoms with Gasteiger partial charge in [-0.05, 0) is 63.9 Å². The van der Waals surface area contributed by atoms with Crippen molar-refractivity contribution in [1.82, 2.24) is 10.2 Å². The van der Waals surface area contributed by atoms with E-state index >= 15 is 0 Å². The Labute approximate surface area is 196 Å². The van der Waals surface area contributed by atoms with E-state index in [0.29, 0.717) is 24.5 Å². The Hall–Kier alpha value is -2.78. The summed E-state index contributed by atoms with van der Waals surface area (Å²) in [5, 5.41) is 2.98. The molecule has 180 valence electrons. The third-order valence-corrected chi connectivity index (χ3v) is 6.35. The maximum atomic E-state index is 13.0. The smallest absolute Gasteiger partial charge is 0.339 e. The Morgan fingerprint density at radius 3 is 2.45 bits per heavy atom. The van der Waals surface area contributed by atoms with Crippen LogP contribution in [0.25, 0.3) is 0 Å². The predicted molar refractivity (Wildman–Crippen MR) is 125 cm³/mol. The quantitative estimate of drug-likeness (QED) is 0.580. The number of nitrogens with one attached hydrogen (secondary N) is 1. The van der Waals surface area contributed by atoms with Crippen molar-refractivity contribution >= 4 is 16.1 Å². The largest absolute Gasteiger partial charge is 0.497 e. The molecule has 8 nitrogen and oxygen atoms in total. The number of methoxy groups -OCH3 is 1. The van der Waals surface area contributed by atoms with Crippen LogP contribution in [0.2, 0.25) is 0 Å². The second-order valence-corrected chi connectivity index (χ2v) is 10.6. The maximum Gasteiger partial charge on any atom is 0.339 e. The van der Waals surface area contributed by atoms with Crippen LogP contribution in [0, 0.1) is 0 Å². The standard InChI is InChI=1S/C24H32N2O6S/c1-24(2,3)25-23(27)26(17-20-9-7-15-31-20)16-18-8-5-6-10-22(18)32-33(28,29)21-13-11-19(30-4)12-14-21/h5-6,8,10-14,20H,7,9,15-17H2,1-4H3,(H,25,27)/t20-/m0/s1. The Morgan fingerprint density at radius 2 is 1.85 bits per heavy atom. The van der Waals surface area contributed by atoms with Crippen molar-refractivity contribution in [2.24, 2.45) is 0 Å². The first-order chi connectivity index (χ1) is 15.6. The molecule has 0 aromatic heterocycles. The van der Waals surface area contributed by atoms with E-state index in [2.05, 4.69) is 5.32 Å². The second kappa shape index (κ2) is 10.4. The van der Waals surface area contributed by atoms with E-state index in [1.54, 1.807) is 41.3 Å². The van der Waals surface area contributed by atoms with Gasteiger partial charge < -0.3 is 23.9 Å². The van der Waals surface area contributed by atoms with E-state index in [9.17, 15) is 13.2 Å². The summed E-state index contributed by atoms with van der Waals surface area (Å²) in [6.45, 7) is 6.99. The lowest BCUT2D eigenvalue weighted by atomic mass is 10.1. The molecule has 3 rings (SSSR count). The van der Waals surface area contributed by atoms with Crippen LogP contribution in [0.3, 0.4) is 0 Å². The van der Waals surface area contributed by atoms with Gasteiger partial charge in [-0.15, -0.1) is 0 Å². The van der Waals surface area contributed by atoms with Crippen LogP contribution < -0.4 is 14.2 Å². The van der Waals surface area contributed by atoms with Crippen LogP contribution >= 0.6 is 0 Å². The van der Waals surface area contributed by atoms with Crippen molar-refractivity contribution in [2.45, 2.75) is 56.7 Å². The van der Waals surface area contributed by atoms with Crippen LogP contribution in [0.5, 0.6) is 11.5 Å². The molecule has 1 atom stereocenters. The third-order valence-electron chi connectivity index (χ3n) is 5.10. The van der Waals surface area contributed by atoms with Crippen LogP contribution in [0.15, 0.2) is 53.4 Å². The van der Waals surface area contributed by atoms with Gasteiger partial charge in [0, 0.05) is 24.3 Å². The lowest BCUT2D eigenvalue weighted by Gasteiger charge is -2.30. The number of rotatable bonds is 8. The first kappa shape index (κ1) is 24.9. The number of nitrogens with zero attached hydrogens (tertiary/aromatic N) is 1. The van der Waals surface area contributed by atoms with E-state index < -0.39 is 15.7 Å². The normalized spacial score (nSPS) is 16.3. The van der Waals surface area contributed by atoms with Gasteiger partial charge in [-0.1, -0.05) is 18.2 Å². The number of benzene rings is 2. The van der Waals surface area contributed by atoms with Crippen LogP contribution in [-0.4, -0.2) is 51.3 Å². The highest BCUT2D eigenvalue weighted by Crippen LogP contribution is 2.26. The zero-order valence-electron chi connectivity index (χ0n) is 19.5.